The Balaban J connectivity index is 2.72. The van der Waals surface area contributed by atoms with Gasteiger partial charge >= 0.3 is 0 Å². The zero-order valence-electron chi connectivity index (χ0n) is 15.6. The molecule has 1 aliphatic heterocycles. The second-order valence-electron chi connectivity index (χ2n) is 8.97. The van der Waals surface area contributed by atoms with Gasteiger partial charge in [0.15, 0.2) is 0 Å². The zero-order chi connectivity index (χ0) is 17.3. The maximum Gasteiger partial charge on any atom is 0.145 e. The summed E-state index contributed by atoms with van der Waals surface area (Å²) in [5.41, 5.74) is -0.668. The summed E-state index contributed by atoms with van der Waals surface area (Å²) >= 11 is 0. The van der Waals surface area contributed by atoms with Gasteiger partial charge in [-0.25, -0.2) is 0 Å². The minimum Gasteiger partial charge on any atom is -0.301 e. The zero-order valence-corrected chi connectivity index (χ0v) is 15.6. The topological polar surface area (TPSA) is 46.6 Å². The molecular weight excluding hydrogens is 278 g/mol. The molecule has 0 atom stereocenters. The second kappa shape index (κ2) is 6.40. The number of rotatable bonds is 5. The number of Topliss-reactive ketones (excluding diaryl/α,β-unsaturated/α-hetero) is 2. The van der Waals surface area contributed by atoms with Gasteiger partial charge in [0.1, 0.15) is 11.6 Å². The summed E-state index contributed by atoms with van der Waals surface area (Å²) in [5.74, 6) is 0.407. The molecule has 0 aromatic carbocycles. The van der Waals surface area contributed by atoms with Crippen LogP contribution in [0.3, 0.4) is 0 Å². The van der Waals surface area contributed by atoms with Gasteiger partial charge in [0, 0.05) is 22.9 Å². The number of nitrogens with zero attached hydrogens (tertiary/aromatic N) is 1. The summed E-state index contributed by atoms with van der Waals surface area (Å²) in [6.45, 7) is 14.2. The van der Waals surface area contributed by atoms with Gasteiger partial charge in [-0.2, -0.15) is 5.06 Å². The van der Waals surface area contributed by atoms with E-state index >= 15 is 0 Å². The molecule has 0 radical (unpaired) electrons. The van der Waals surface area contributed by atoms with Crippen molar-refractivity contribution in [3.63, 3.8) is 0 Å². The molecule has 1 fully saturated rings. The fraction of sp³-hybridized carbons (Fsp3) is 0.889. The fourth-order valence-corrected chi connectivity index (χ4v) is 3.95. The maximum atomic E-state index is 12.3. The molecule has 0 aromatic rings. The van der Waals surface area contributed by atoms with Crippen LogP contribution in [0.5, 0.6) is 0 Å². The number of carbonyl (C=O) groups is 2. The lowest BCUT2D eigenvalue weighted by molar-refractivity contribution is -0.271. The molecule has 128 valence electrons. The second-order valence-corrected chi connectivity index (χ2v) is 8.97. The smallest absolute Gasteiger partial charge is 0.145 e. The predicted molar refractivity (Wildman–Crippen MR) is 88.4 cm³/mol. The van der Waals surface area contributed by atoms with Crippen LogP contribution in [0.2, 0.25) is 0 Å². The minimum atomic E-state index is -0.437. The lowest BCUT2D eigenvalue weighted by Gasteiger charge is -2.53. The Labute approximate surface area is 135 Å². The molecule has 1 aliphatic rings. The van der Waals surface area contributed by atoms with Gasteiger partial charge < -0.3 is 4.84 Å². The van der Waals surface area contributed by atoms with Gasteiger partial charge in [-0.1, -0.05) is 20.8 Å². The van der Waals surface area contributed by atoms with Crippen molar-refractivity contribution in [2.24, 2.45) is 11.3 Å². The van der Waals surface area contributed by atoms with E-state index in [9.17, 15) is 9.59 Å². The van der Waals surface area contributed by atoms with E-state index in [0.29, 0.717) is 12.3 Å². The average Bonchev–Trinajstić information content (AvgIpc) is 2.23. The molecule has 0 N–H and O–H groups in total. The molecule has 0 unspecified atom stereocenters. The van der Waals surface area contributed by atoms with Crippen LogP contribution in [-0.2, 0) is 14.4 Å². The molecule has 4 nitrogen and oxygen atoms in total. The highest BCUT2D eigenvalue weighted by atomic mass is 16.7. The first-order valence-electron chi connectivity index (χ1n) is 8.19. The number of piperidine rings is 1. The Morgan fingerprint density at radius 3 is 1.91 bits per heavy atom. The molecule has 1 heterocycles. The van der Waals surface area contributed by atoms with Crippen molar-refractivity contribution in [3.8, 4) is 0 Å². The van der Waals surface area contributed by atoms with E-state index in [2.05, 4.69) is 27.7 Å². The molecule has 4 heteroatoms. The summed E-state index contributed by atoms with van der Waals surface area (Å²) in [7, 11) is 1.71. The Kier molecular flexibility index (Phi) is 5.62. The molecule has 0 bridgehead atoms. The van der Waals surface area contributed by atoms with Crippen LogP contribution < -0.4 is 0 Å². The molecular formula is C18H33NO3. The lowest BCUT2D eigenvalue weighted by Crippen LogP contribution is -2.60. The third kappa shape index (κ3) is 4.63. The van der Waals surface area contributed by atoms with E-state index in [-0.39, 0.29) is 29.1 Å². The van der Waals surface area contributed by atoms with Crippen molar-refractivity contribution in [1.82, 2.24) is 5.06 Å². The largest absolute Gasteiger partial charge is 0.301 e. The third-order valence-electron chi connectivity index (χ3n) is 4.57. The summed E-state index contributed by atoms with van der Waals surface area (Å²) < 4.78 is 0. The van der Waals surface area contributed by atoms with E-state index in [1.54, 1.807) is 7.11 Å². The fourth-order valence-electron chi connectivity index (χ4n) is 3.95. The Morgan fingerprint density at radius 1 is 1.09 bits per heavy atom. The van der Waals surface area contributed by atoms with Gasteiger partial charge in [0.05, 0.1) is 13.5 Å². The van der Waals surface area contributed by atoms with Crippen LogP contribution in [0.1, 0.15) is 74.1 Å². The Hall–Kier alpha value is -0.740. The van der Waals surface area contributed by atoms with Crippen molar-refractivity contribution >= 4 is 11.6 Å². The molecule has 1 rings (SSSR count). The van der Waals surface area contributed by atoms with Crippen molar-refractivity contribution in [3.05, 3.63) is 0 Å². The van der Waals surface area contributed by atoms with Crippen LogP contribution in [-0.4, -0.2) is 34.8 Å². The Morgan fingerprint density at radius 2 is 1.55 bits per heavy atom. The molecule has 0 aliphatic carbocycles. The molecule has 1 saturated heterocycles. The van der Waals surface area contributed by atoms with Gasteiger partial charge in [-0.15, -0.1) is 0 Å². The summed E-state index contributed by atoms with van der Waals surface area (Å²) in [4.78, 5) is 29.9. The summed E-state index contributed by atoms with van der Waals surface area (Å²) in [6, 6.07) is 0. The number of hydrogen-bond acceptors (Lipinski definition) is 4. The van der Waals surface area contributed by atoms with Crippen molar-refractivity contribution in [1.29, 1.82) is 0 Å². The highest BCUT2D eigenvalue weighted by Crippen LogP contribution is 2.42. The van der Waals surface area contributed by atoms with E-state index in [4.69, 9.17) is 4.84 Å². The highest BCUT2D eigenvalue weighted by molar-refractivity contribution is 6.01. The predicted octanol–water partition coefficient (Wildman–Crippen LogP) is 3.78. The van der Waals surface area contributed by atoms with Gasteiger partial charge in [0.2, 0.25) is 0 Å². The van der Waals surface area contributed by atoms with Crippen molar-refractivity contribution in [2.75, 3.05) is 7.11 Å². The first-order chi connectivity index (χ1) is 9.79. The van der Waals surface area contributed by atoms with Crippen LogP contribution in [0.4, 0.5) is 0 Å². The average molecular weight is 311 g/mol. The highest BCUT2D eigenvalue weighted by Gasteiger charge is 2.46. The van der Waals surface area contributed by atoms with E-state index < -0.39 is 5.41 Å². The SMILES string of the molecule is CON1C(C)(C)CC(CC(=O)CC(=O)C(C)(C)C)CC1(C)C. The quantitative estimate of drug-likeness (QED) is 0.725. The van der Waals surface area contributed by atoms with Gasteiger partial charge in [-0.3, -0.25) is 9.59 Å². The Bertz CT molecular complexity index is 414. The van der Waals surface area contributed by atoms with E-state index in [1.165, 1.54) is 0 Å². The maximum absolute atomic E-state index is 12.3. The first-order valence-corrected chi connectivity index (χ1v) is 8.19. The van der Waals surface area contributed by atoms with Gasteiger partial charge in [-0.05, 0) is 46.5 Å². The molecule has 0 amide bonds. The summed E-state index contributed by atoms with van der Waals surface area (Å²) in [6.07, 6.45) is 2.36. The van der Waals surface area contributed by atoms with Crippen LogP contribution in [0.15, 0.2) is 0 Å². The van der Waals surface area contributed by atoms with Crippen LogP contribution in [0, 0.1) is 11.3 Å². The normalized spacial score (nSPS) is 22.5. The van der Waals surface area contributed by atoms with Crippen LogP contribution in [0.25, 0.3) is 0 Å². The van der Waals surface area contributed by atoms with E-state index in [1.807, 2.05) is 25.8 Å². The van der Waals surface area contributed by atoms with E-state index in [0.717, 1.165) is 12.8 Å². The lowest BCUT2D eigenvalue weighted by atomic mass is 9.73. The standard InChI is InChI=1S/C18H33NO3/c1-16(2,3)15(21)10-14(20)9-13-11-17(4,5)19(22-8)18(6,7)12-13/h13H,9-12H2,1-8H3. The summed E-state index contributed by atoms with van der Waals surface area (Å²) in [5, 5.41) is 2.04. The molecule has 22 heavy (non-hydrogen) atoms. The van der Waals surface area contributed by atoms with Crippen molar-refractivity contribution < 1.29 is 14.4 Å². The van der Waals surface area contributed by atoms with Crippen LogP contribution >= 0.6 is 0 Å². The number of carbonyl (C=O) groups excluding carboxylic acids is 2. The number of hydroxylamine groups is 2. The monoisotopic (exact) mass is 311 g/mol. The number of ketones is 2. The van der Waals surface area contributed by atoms with Gasteiger partial charge in [0.25, 0.3) is 0 Å². The molecule has 0 spiro atoms. The number of hydrogen-bond donors (Lipinski definition) is 0. The molecule has 0 aromatic heterocycles. The molecule has 0 saturated carbocycles. The first kappa shape index (κ1) is 19.3. The minimum absolute atomic E-state index is 0.0327. The third-order valence-corrected chi connectivity index (χ3v) is 4.57. The van der Waals surface area contributed by atoms with Crippen molar-refractivity contribution in [2.45, 2.75) is 85.2 Å².